The number of rotatable bonds is 5. The van der Waals surface area contributed by atoms with Gasteiger partial charge in [-0.05, 0) is 25.2 Å². The van der Waals surface area contributed by atoms with Gasteiger partial charge >= 0.3 is 0 Å². The molecule has 2 nitrogen and oxygen atoms in total. The summed E-state index contributed by atoms with van der Waals surface area (Å²) in [6.07, 6.45) is 7.89. The molecule has 1 fully saturated rings. The number of unbranched alkanes of at least 4 members (excludes halogenated alkanes) is 1. The zero-order valence-corrected chi connectivity index (χ0v) is 9.52. The van der Waals surface area contributed by atoms with E-state index < -0.39 is 10.8 Å². The fourth-order valence-corrected chi connectivity index (χ4v) is 3.50. The molecule has 0 heterocycles. The summed E-state index contributed by atoms with van der Waals surface area (Å²) in [6.45, 7) is 0. The van der Waals surface area contributed by atoms with Crippen LogP contribution in [0.1, 0.15) is 44.9 Å². The van der Waals surface area contributed by atoms with E-state index in [9.17, 15) is 4.21 Å². The van der Waals surface area contributed by atoms with Crippen LogP contribution in [0.15, 0.2) is 0 Å². The summed E-state index contributed by atoms with van der Waals surface area (Å²) in [7, 11) is -0.670. The van der Waals surface area contributed by atoms with Gasteiger partial charge in [0.1, 0.15) is 0 Å². The van der Waals surface area contributed by atoms with Gasteiger partial charge in [0, 0.05) is 28.7 Å². The molecule has 0 bridgehead atoms. The van der Waals surface area contributed by atoms with E-state index in [4.69, 9.17) is 5.26 Å². The molecule has 1 aliphatic rings. The third kappa shape index (κ3) is 4.76. The van der Waals surface area contributed by atoms with Gasteiger partial charge in [-0.15, -0.1) is 0 Å². The lowest BCUT2D eigenvalue weighted by molar-refractivity contribution is 0.388. The van der Waals surface area contributed by atoms with E-state index in [1.54, 1.807) is 0 Å². The van der Waals surface area contributed by atoms with Crippen molar-refractivity contribution in [3.63, 3.8) is 0 Å². The number of hydrogen-bond donors (Lipinski definition) is 0. The fraction of sp³-hybridized carbons (Fsp3) is 0.909. The molecule has 0 aromatic rings. The van der Waals surface area contributed by atoms with Gasteiger partial charge in [-0.3, -0.25) is 4.21 Å². The van der Waals surface area contributed by atoms with Crippen molar-refractivity contribution in [2.45, 2.75) is 44.9 Å². The Labute approximate surface area is 89.1 Å². The summed E-state index contributed by atoms with van der Waals surface area (Å²) >= 11 is 0. The normalized spacial score (nSPS) is 20.2. The number of nitrogens with zero attached hydrogens (tertiary/aromatic N) is 1. The van der Waals surface area contributed by atoms with Crippen LogP contribution in [-0.2, 0) is 10.8 Å². The maximum Gasteiger partial charge on any atom is 0.0622 e. The smallest absolute Gasteiger partial charge is 0.0622 e. The molecule has 1 aliphatic carbocycles. The average Bonchev–Trinajstić information content (AvgIpc) is 2.20. The quantitative estimate of drug-likeness (QED) is 0.659. The molecule has 0 aromatic heterocycles. The summed E-state index contributed by atoms with van der Waals surface area (Å²) in [5.41, 5.74) is 0. The zero-order valence-electron chi connectivity index (χ0n) is 8.71. The van der Waals surface area contributed by atoms with Gasteiger partial charge in [-0.2, -0.15) is 5.26 Å². The zero-order chi connectivity index (χ0) is 10.2. The molecule has 1 rings (SSSR count). The van der Waals surface area contributed by atoms with Crippen molar-refractivity contribution < 1.29 is 4.21 Å². The van der Waals surface area contributed by atoms with Crippen molar-refractivity contribution >= 4 is 10.8 Å². The maximum atomic E-state index is 11.6. The van der Waals surface area contributed by atoms with E-state index in [2.05, 4.69) is 6.07 Å². The standard InChI is InChI=1S/C11H19NOS/c12-8-4-5-9-14(13)10-11-6-2-1-3-7-11/h11H,1-7,9-10H2/t14-/m1/s1. The molecular weight excluding hydrogens is 194 g/mol. The van der Waals surface area contributed by atoms with Crippen LogP contribution in [0.2, 0.25) is 0 Å². The first-order valence-electron chi connectivity index (χ1n) is 5.55. The van der Waals surface area contributed by atoms with Gasteiger partial charge in [-0.1, -0.05) is 19.3 Å². The van der Waals surface area contributed by atoms with E-state index in [1.165, 1.54) is 32.1 Å². The molecule has 0 N–H and O–H groups in total. The minimum atomic E-state index is -0.670. The molecule has 0 saturated heterocycles. The Morgan fingerprint density at radius 3 is 2.64 bits per heavy atom. The summed E-state index contributed by atoms with van der Waals surface area (Å²) in [5.74, 6) is 2.31. The highest BCUT2D eigenvalue weighted by molar-refractivity contribution is 7.84. The highest BCUT2D eigenvalue weighted by Gasteiger charge is 2.15. The maximum absolute atomic E-state index is 11.6. The minimum Gasteiger partial charge on any atom is -0.260 e. The second-order valence-electron chi connectivity index (χ2n) is 4.08. The SMILES string of the molecule is N#CCCC[S@@](=O)CC1CCCCC1. The molecule has 3 heteroatoms. The Hall–Kier alpha value is -0.360. The van der Waals surface area contributed by atoms with E-state index in [0.29, 0.717) is 12.3 Å². The monoisotopic (exact) mass is 213 g/mol. The third-order valence-corrected chi connectivity index (χ3v) is 4.39. The third-order valence-electron chi connectivity index (χ3n) is 2.81. The van der Waals surface area contributed by atoms with Crippen LogP contribution < -0.4 is 0 Å². The van der Waals surface area contributed by atoms with Gasteiger partial charge in [0.15, 0.2) is 0 Å². The molecule has 0 radical (unpaired) electrons. The van der Waals surface area contributed by atoms with Crippen molar-refractivity contribution in [1.82, 2.24) is 0 Å². The highest BCUT2D eigenvalue weighted by atomic mass is 32.2. The molecule has 0 amide bonds. The van der Waals surface area contributed by atoms with Crippen LogP contribution in [0.5, 0.6) is 0 Å². The first kappa shape index (κ1) is 11.7. The molecule has 0 unspecified atom stereocenters. The van der Waals surface area contributed by atoms with E-state index in [0.717, 1.165) is 17.9 Å². The Bertz CT molecular complexity index is 216. The fourth-order valence-electron chi connectivity index (χ4n) is 2.01. The van der Waals surface area contributed by atoms with E-state index in [1.807, 2.05) is 0 Å². The molecule has 0 aliphatic heterocycles. The largest absolute Gasteiger partial charge is 0.260 e. The van der Waals surface area contributed by atoms with Crippen molar-refractivity contribution in [2.75, 3.05) is 11.5 Å². The summed E-state index contributed by atoms with van der Waals surface area (Å²) in [5, 5.41) is 8.35. The highest BCUT2D eigenvalue weighted by Crippen LogP contribution is 2.24. The lowest BCUT2D eigenvalue weighted by Gasteiger charge is -2.20. The van der Waals surface area contributed by atoms with Gasteiger partial charge in [-0.25, -0.2) is 0 Å². The van der Waals surface area contributed by atoms with Crippen LogP contribution in [0.3, 0.4) is 0 Å². The number of hydrogen-bond acceptors (Lipinski definition) is 2. The van der Waals surface area contributed by atoms with Crippen molar-refractivity contribution in [3.05, 3.63) is 0 Å². The number of nitriles is 1. The van der Waals surface area contributed by atoms with Crippen LogP contribution >= 0.6 is 0 Å². The molecule has 14 heavy (non-hydrogen) atoms. The predicted octanol–water partition coefficient (Wildman–Crippen LogP) is 2.62. The lowest BCUT2D eigenvalue weighted by Crippen LogP contribution is -2.16. The Morgan fingerprint density at radius 1 is 1.29 bits per heavy atom. The summed E-state index contributed by atoms with van der Waals surface area (Å²) in [6, 6.07) is 2.09. The lowest BCUT2D eigenvalue weighted by atomic mass is 9.91. The van der Waals surface area contributed by atoms with Gasteiger partial charge in [0.25, 0.3) is 0 Å². The molecular formula is C11H19NOS. The molecule has 1 atom stereocenters. The van der Waals surface area contributed by atoms with E-state index >= 15 is 0 Å². The predicted molar refractivity (Wildman–Crippen MR) is 59.3 cm³/mol. The average molecular weight is 213 g/mol. The first-order chi connectivity index (χ1) is 6.83. The summed E-state index contributed by atoms with van der Waals surface area (Å²) < 4.78 is 11.6. The Morgan fingerprint density at radius 2 is 2.00 bits per heavy atom. The summed E-state index contributed by atoms with van der Waals surface area (Å²) in [4.78, 5) is 0. The molecule has 0 spiro atoms. The minimum absolute atomic E-state index is 0.552. The van der Waals surface area contributed by atoms with Crippen molar-refractivity contribution in [2.24, 2.45) is 5.92 Å². The topological polar surface area (TPSA) is 40.9 Å². The first-order valence-corrected chi connectivity index (χ1v) is 7.03. The van der Waals surface area contributed by atoms with Crippen LogP contribution in [0.4, 0.5) is 0 Å². The van der Waals surface area contributed by atoms with Crippen LogP contribution in [0.25, 0.3) is 0 Å². The van der Waals surface area contributed by atoms with Crippen molar-refractivity contribution in [1.29, 1.82) is 5.26 Å². The Kier molecular flexibility index (Phi) is 5.86. The van der Waals surface area contributed by atoms with Gasteiger partial charge in [0.2, 0.25) is 0 Å². The van der Waals surface area contributed by atoms with Gasteiger partial charge in [0.05, 0.1) is 6.07 Å². The molecule has 80 valence electrons. The van der Waals surface area contributed by atoms with Crippen LogP contribution in [0, 0.1) is 17.2 Å². The second kappa shape index (κ2) is 7.00. The Balaban J connectivity index is 2.10. The molecule has 0 aromatic carbocycles. The van der Waals surface area contributed by atoms with Crippen molar-refractivity contribution in [3.8, 4) is 6.07 Å². The van der Waals surface area contributed by atoms with E-state index in [-0.39, 0.29) is 0 Å². The molecule has 1 saturated carbocycles. The second-order valence-corrected chi connectivity index (χ2v) is 5.70. The van der Waals surface area contributed by atoms with Crippen LogP contribution in [-0.4, -0.2) is 15.7 Å². The van der Waals surface area contributed by atoms with Gasteiger partial charge < -0.3 is 0 Å².